The van der Waals surface area contributed by atoms with Crippen LogP contribution in [0.3, 0.4) is 0 Å². The quantitative estimate of drug-likeness (QED) is 0.203. The lowest BCUT2D eigenvalue weighted by molar-refractivity contribution is -0.123. The van der Waals surface area contributed by atoms with E-state index < -0.39 is 0 Å². The molecule has 0 aromatic rings. The average Bonchev–Trinajstić information content (AvgIpc) is 2.47. The molecular weight excluding hydrogens is 395 g/mol. The Morgan fingerprint density at radius 3 is 2.23 bits per heavy atom. The zero-order valence-electron chi connectivity index (χ0n) is 14.4. The van der Waals surface area contributed by atoms with Gasteiger partial charge in [-0.3, -0.25) is 9.79 Å². The number of hydrogen-bond acceptors (Lipinski definition) is 3. The summed E-state index contributed by atoms with van der Waals surface area (Å²) in [6, 6.07) is 0. The van der Waals surface area contributed by atoms with E-state index in [1.165, 1.54) is 6.42 Å². The number of ether oxygens (including phenoxy) is 1. The zero-order chi connectivity index (χ0) is 15.9. The Kier molecular flexibility index (Phi) is 18.1. The molecule has 0 saturated heterocycles. The predicted molar refractivity (Wildman–Crippen MR) is 103 cm³/mol. The Morgan fingerprint density at radius 1 is 1.05 bits per heavy atom. The summed E-state index contributed by atoms with van der Waals surface area (Å²) in [6.45, 7) is 9.61. The van der Waals surface area contributed by atoms with Crippen LogP contribution in [0.25, 0.3) is 0 Å². The fourth-order valence-corrected chi connectivity index (χ4v) is 1.52. The van der Waals surface area contributed by atoms with Gasteiger partial charge in [0.25, 0.3) is 0 Å². The second-order valence-corrected chi connectivity index (χ2v) is 5.19. The number of aliphatic imine (C=N–C) groups is 1. The molecule has 0 heterocycles. The first-order valence-corrected chi connectivity index (χ1v) is 7.91. The molecule has 0 saturated carbocycles. The Balaban J connectivity index is 0. The van der Waals surface area contributed by atoms with Gasteiger partial charge in [0.1, 0.15) is 0 Å². The number of nitrogens with one attached hydrogen (secondary N) is 3. The van der Waals surface area contributed by atoms with Crippen LogP contribution in [-0.2, 0) is 9.53 Å². The number of nitrogens with zero attached hydrogens (tertiary/aromatic N) is 1. The van der Waals surface area contributed by atoms with Crippen molar-refractivity contribution in [2.45, 2.75) is 40.0 Å². The van der Waals surface area contributed by atoms with Crippen molar-refractivity contribution in [1.82, 2.24) is 16.0 Å². The van der Waals surface area contributed by atoms with Crippen molar-refractivity contribution >= 4 is 35.8 Å². The van der Waals surface area contributed by atoms with Crippen molar-refractivity contribution in [2.75, 3.05) is 39.9 Å². The lowest BCUT2D eigenvalue weighted by Gasteiger charge is -2.13. The van der Waals surface area contributed by atoms with E-state index in [0.717, 1.165) is 38.6 Å². The molecule has 0 aromatic carbocycles. The Labute approximate surface area is 152 Å². The molecule has 7 heteroatoms. The number of guanidine groups is 1. The first-order valence-electron chi connectivity index (χ1n) is 7.91. The number of unbranched alkanes of at least 4 members (excludes halogenated alkanes) is 1. The summed E-state index contributed by atoms with van der Waals surface area (Å²) in [6.07, 6.45) is 3.25. The van der Waals surface area contributed by atoms with Crippen LogP contribution in [-0.4, -0.2) is 51.8 Å². The predicted octanol–water partition coefficient (Wildman–Crippen LogP) is 1.75. The molecule has 0 aliphatic carbocycles. The van der Waals surface area contributed by atoms with E-state index in [9.17, 15) is 4.79 Å². The zero-order valence-corrected chi connectivity index (χ0v) is 16.7. The number of halogens is 1. The highest BCUT2D eigenvalue weighted by atomic mass is 127. The van der Waals surface area contributed by atoms with Crippen LogP contribution in [0.5, 0.6) is 0 Å². The fraction of sp³-hybridized carbons (Fsp3) is 0.867. The van der Waals surface area contributed by atoms with E-state index in [1.807, 2.05) is 13.8 Å². The lowest BCUT2D eigenvalue weighted by atomic mass is 10.2. The maximum absolute atomic E-state index is 11.4. The third-order valence-corrected chi connectivity index (χ3v) is 2.86. The molecule has 0 unspecified atom stereocenters. The Morgan fingerprint density at radius 2 is 1.64 bits per heavy atom. The molecule has 0 radical (unpaired) electrons. The van der Waals surface area contributed by atoms with Crippen LogP contribution in [0, 0.1) is 5.92 Å². The maximum Gasteiger partial charge on any atom is 0.222 e. The summed E-state index contributed by atoms with van der Waals surface area (Å²) in [7, 11) is 1.74. The molecule has 0 bridgehead atoms. The molecule has 0 fully saturated rings. The van der Waals surface area contributed by atoms with Crippen molar-refractivity contribution in [3.63, 3.8) is 0 Å². The second-order valence-electron chi connectivity index (χ2n) is 5.19. The highest BCUT2D eigenvalue weighted by Gasteiger charge is 2.04. The third-order valence-electron chi connectivity index (χ3n) is 2.86. The number of rotatable bonds is 11. The average molecular weight is 428 g/mol. The van der Waals surface area contributed by atoms with Gasteiger partial charge < -0.3 is 20.7 Å². The molecule has 0 atom stereocenters. The molecule has 132 valence electrons. The molecule has 1 amide bonds. The van der Waals surface area contributed by atoms with Gasteiger partial charge in [0, 0.05) is 45.8 Å². The van der Waals surface area contributed by atoms with Gasteiger partial charge in [0.2, 0.25) is 5.91 Å². The molecule has 6 nitrogen and oxygen atoms in total. The normalized spacial score (nSPS) is 11.0. The number of carbonyl (C=O) groups is 1. The standard InChI is InChI=1S/C15H32N4O2.HI/c1-5-6-11-21-12-7-8-18-15(16-4)19-10-9-17-14(20)13(2)3;/h13H,5-12H2,1-4H3,(H,17,20)(H2,16,18,19);1H. The summed E-state index contributed by atoms with van der Waals surface area (Å²) in [5, 5.41) is 9.23. The summed E-state index contributed by atoms with van der Waals surface area (Å²) in [5.41, 5.74) is 0. The summed E-state index contributed by atoms with van der Waals surface area (Å²) in [4.78, 5) is 15.5. The van der Waals surface area contributed by atoms with Gasteiger partial charge in [-0.1, -0.05) is 27.2 Å². The van der Waals surface area contributed by atoms with Gasteiger partial charge in [0.15, 0.2) is 5.96 Å². The van der Waals surface area contributed by atoms with E-state index >= 15 is 0 Å². The van der Waals surface area contributed by atoms with Gasteiger partial charge in [-0.2, -0.15) is 0 Å². The smallest absolute Gasteiger partial charge is 0.222 e. The number of hydrogen-bond donors (Lipinski definition) is 3. The fourth-order valence-electron chi connectivity index (χ4n) is 1.52. The van der Waals surface area contributed by atoms with Gasteiger partial charge in [0.05, 0.1) is 0 Å². The van der Waals surface area contributed by atoms with Crippen molar-refractivity contribution in [3.05, 3.63) is 0 Å². The topological polar surface area (TPSA) is 74.8 Å². The molecule has 0 aliphatic rings. The van der Waals surface area contributed by atoms with Crippen LogP contribution < -0.4 is 16.0 Å². The second kappa shape index (κ2) is 16.8. The molecule has 0 aromatic heterocycles. The van der Waals surface area contributed by atoms with E-state index in [2.05, 4.69) is 27.9 Å². The van der Waals surface area contributed by atoms with Crippen molar-refractivity contribution in [1.29, 1.82) is 0 Å². The van der Waals surface area contributed by atoms with Crippen molar-refractivity contribution in [3.8, 4) is 0 Å². The molecule has 0 spiro atoms. The minimum Gasteiger partial charge on any atom is -0.381 e. The van der Waals surface area contributed by atoms with Gasteiger partial charge in [-0.05, 0) is 12.8 Å². The van der Waals surface area contributed by atoms with Crippen molar-refractivity contribution in [2.24, 2.45) is 10.9 Å². The highest BCUT2D eigenvalue weighted by molar-refractivity contribution is 14.0. The van der Waals surface area contributed by atoms with Gasteiger partial charge in [-0.25, -0.2) is 0 Å². The summed E-state index contributed by atoms with van der Waals surface area (Å²) < 4.78 is 5.49. The van der Waals surface area contributed by atoms with E-state index in [4.69, 9.17) is 4.74 Å². The van der Waals surface area contributed by atoms with Crippen LogP contribution >= 0.6 is 24.0 Å². The minimum atomic E-state index is 0. The molecule has 22 heavy (non-hydrogen) atoms. The monoisotopic (exact) mass is 428 g/mol. The molecule has 3 N–H and O–H groups in total. The van der Waals surface area contributed by atoms with Crippen LogP contribution in [0.15, 0.2) is 4.99 Å². The number of amides is 1. The minimum absolute atomic E-state index is 0. The SMILES string of the molecule is CCCCOCCCNC(=NC)NCCNC(=O)C(C)C.I. The summed E-state index contributed by atoms with van der Waals surface area (Å²) in [5.74, 6) is 0.849. The van der Waals surface area contributed by atoms with Crippen molar-refractivity contribution < 1.29 is 9.53 Å². The van der Waals surface area contributed by atoms with Crippen LogP contribution in [0.1, 0.15) is 40.0 Å². The van der Waals surface area contributed by atoms with E-state index in [-0.39, 0.29) is 35.8 Å². The first-order chi connectivity index (χ1) is 10.1. The van der Waals surface area contributed by atoms with E-state index in [0.29, 0.717) is 13.1 Å². The van der Waals surface area contributed by atoms with Gasteiger partial charge in [-0.15, -0.1) is 24.0 Å². The number of carbonyl (C=O) groups excluding carboxylic acids is 1. The van der Waals surface area contributed by atoms with Crippen LogP contribution in [0.4, 0.5) is 0 Å². The summed E-state index contributed by atoms with van der Waals surface area (Å²) >= 11 is 0. The Hall–Kier alpha value is -0.570. The highest BCUT2D eigenvalue weighted by Crippen LogP contribution is 1.89. The first kappa shape index (κ1) is 23.7. The maximum atomic E-state index is 11.4. The van der Waals surface area contributed by atoms with Gasteiger partial charge >= 0.3 is 0 Å². The molecular formula is C15H33IN4O2. The van der Waals surface area contributed by atoms with E-state index in [1.54, 1.807) is 7.05 Å². The lowest BCUT2D eigenvalue weighted by Crippen LogP contribution is -2.42. The third kappa shape index (κ3) is 14.4. The largest absolute Gasteiger partial charge is 0.381 e. The molecule has 0 aliphatic heterocycles. The Bertz CT molecular complexity index is 299. The van der Waals surface area contributed by atoms with Crippen LogP contribution in [0.2, 0.25) is 0 Å². The molecule has 0 rings (SSSR count).